The van der Waals surface area contributed by atoms with E-state index in [1.54, 1.807) is 0 Å². The minimum absolute atomic E-state index is 0.107. The molecule has 0 aromatic heterocycles. The predicted octanol–water partition coefficient (Wildman–Crippen LogP) is 21.2. The highest BCUT2D eigenvalue weighted by atomic mass is 16.6. The summed E-state index contributed by atoms with van der Waals surface area (Å²) in [6.07, 6.45) is 30.6. The number of benzene rings is 2. The normalized spacial score (nSPS) is 17.2. The number of nitrogens with zero attached hydrogens (tertiary/aromatic N) is 1. The smallest absolute Gasteiger partial charge is 0.407 e. The highest BCUT2D eigenvalue weighted by Crippen LogP contribution is 2.47. The van der Waals surface area contributed by atoms with Gasteiger partial charge >= 0.3 is 30.0 Å². The van der Waals surface area contributed by atoms with E-state index in [9.17, 15) is 24.0 Å². The van der Waals surface area contributed by atoms with Crippen molar-refractivity contribution in [1.29, 1.82) is 0 Å². The highest BCUT2D eigenvalue weighted by Gasteiger charge is 2.37. The van der Waals surface area contributed by atoms with Crippen molar-refractivity contribution in [2.75, 3.05) is 46.0 Å². The van der Waals surface area contributed by atoms with E-state index in [0.29, 0.717) is 56.6 Å². The molecule has 1 N–H and O–H groups in total. The van der Waals surface area contributed by atoms with Gasteiger partial charge in [0.1, 0.15) is 54.0 Å². The maximum Gasteiger partial charge on any atom is 0.407 e. The van der Waals surface area contributed by atoms with E-state index < -0.39 is 23.9 Å². The highest BCUT2D eigenvalue weighted by molar-refractivity contribution is 5.76. The maximum atomic E-state index is 13.3. The van der Waals surface area contributed by atoms with Crippen molar-refractivity contribution >= 4 is 30.0 Å². The summed E-state index contributed by atoms with van der Waals surface area (Å²) in [5.74, 6) is 5.77. The molecule has 0 spiro atoms. The zero-order chi connectivity index (χ0) is 72.4. The van der Waals surface area contributed by atoms with Gasteiger partial charge in [-0.3, -0.25) is 19.2 Å². The molecule has 2 aliphatic rings. The van der Waals surface area contributed by atoms with Crippen LogP contribution in [0.1, 0.15) is 327 Å². The van der Waals surface area contributed by atoms with Crippen LogP contribution < -0.4 is 24.3 Å². The Morgan fingerprint density at radius 1 is 0.429 bits per heavy atom. The molecular formula is C84H142N2O12. The third kappa shape index (κ3) is 31.6. The van der Waals surface area contributed by atoms with E-state index in [2.05, 4.69) is 107 Å². The van der Waals surface area contributed by atoms with Gasteiger partial charge in [0.25, 0.3) is 0 Å². The first kappa shape index (κ1) is 85.6. The summed E-state index contributed by atoms with van der Waals surface area (Å²) in [4.78, 5) is 67.8. The van der Waals surface area contributed by atoms with Crippen molar-refractivity contribution in [2.45, 2.75) is 348 Å². The second-order valence-electron chi connectivity index (χ2n) is 32.1. The molecular weight excluding hydrogens is 1230 g/mol. The molecule has 98 heavy (non-hydrogen) atoms. The molecule has 2 aromatic rings. The molecule has 1 amide bonds. The van der Waals surface area contributed by atoms with Crippen molar-refractivity contribution in [2.24, 2.45) is 41.4 Å². The summed E-state index contributed by atoms with van der Waals surface area (Å²) in [5.41, 5.74) is 7.65. The van der Waals surface area contributed by atoms with Gasteiger partial charge in [-0.15, -0.1) is 0 Å². The largest absolute Gasteiger partial charge is 0.487 e. The molecule has 0 fully saturated rings. The molecule has 4 rings (SSSR count). The first-order valence-electron chi connectivity index (χ1n) is 39.6. The summed E-state index contributed by atoms with van der Waals surface area (Å²) in [5, 5.41) is 2.80. The Morgan fingerprint density at radius 2 is 0.776 bits per heavy atom. The number of esters is 4. The molecule has 2 aromatic carbocycles. The van der Waals surface area contributed by atoms with E-state index >= 15 is 0 Å². The fourth-order valence-corrected chi connectivity index (χ4v) is 14.6. The molecule has 2 heterocycles. The number of fused-ring (bicyclic) bond motifs is 2. The molecule has 0 aliphatic carbocycles. The van der Waals surface area contributed by atoms with Crippen LogP contribution >= 0.6 is 0 Å². The number of alkyl carbamates (subject to hydrolysis) is 1. The summed E-state index contributed by atoms with van der Waals surface area (Å²) >= 11 is 0. The molecule has 2 aliphatic heterocycles. The number of ether oxygens (including phenoxy) is 7. The zero-order valence-electron chi connectivity index (χ0n) is 65.7. The number of hydrogen-bond donors (Lipinski definition) is 1. The lowest BCUT2D eigenvalue weighted by Gasteiger charge is -2.38. The van der Waals surface area contributed by atoms with Gasteiger partial charge in [0.05, 0.1) is 5.92 Å². The Bertz CT molecular complexity index is 2550. The molecule has 6 atom stereocenters. The molecule has 0 saturated carbocycles. The topological polar surface area (TPSA) is 165 Å². The van der Waals surface area contributed by atoms with Gasteiger partial charge in [0.2, 0.25) is 0 Å². The van der Waals surface area contributed by atoms with Crippen LogP contribution in [0.15, 0.2) is 0 Å². The fraction of sp³-hybridized carbons (Fsp3) is 0.798. The lowest BCUT2D eigenvalue weighted by Crippen LogP contribution is -2.37. The molecule has 0 unspecified atom stereocenters. The summed E-state index contributed by atoms with van der Waals surface area (Å²) < 4.78 is 42.8. The van der Waals surface area contributed by atoms with Crippen LogP contribution in [0, 0.1) is 83.0 Å². The molecule has 0 radical (unpaired) electrons. The number of unbranched alkanes of at least 4 members (excludes halogenated alkanes) is 4. The van der Waals surface area contributed by atoms with Crippen molar-refractivity contribution in [3.63, 3.8) is 0 Å². The first-order chi connectivity index (χ1) is 46.6. The minimum Gasteiger partial charge on any atom is -0.487 e. The van der Waals surface area contributed by atoms with Crippen LogP contribution in [0.2, 0.25) is 0 Å². The Hall–Kier alpha value is -4.85. The van der Waals surface area contributed by atoms with Crippen molar-refractivity contribution in [3.8, 4) is 23.0 Å². The van der Waals surface area contributed by atoms with Gasteiger partial charge < -0.3 is 43.4 Å². The SMILES string of the molecule is CCN(CC)CCCNC(=O)OCC(COC(=O)CCCCCC(=O)Oc1c(C)c(C)c2c(c1C)CC[C@](C)(CCC[C@@H](C)CCC[C@@H](C)CCCC(C)C)O2)COC(=O)CCCCCC(=O)Oc1c(C)c(C)c2c(c1C)CC[C@](C)(CCC[C@@H](C)CCC[C@@H](C)CCCC(C)C)O2. The Labute approximate surface area is 597 Å². The van der Waals surface area contributed by atoms with E-state index in [0.717, 1.165) is 169 Å². The zero-order valence-corrected chi connectivity index (χ0v) is 65.7. The van der Waals surface area contributed by atoms with Gasteiger partial charge in [-0.25, -0.2) is 4.79 Å². The molecule has 14 heteroatoms. The number of nitrogens with one attached hydrogen (secondary N) is 1. The van der Waals surface area contributed by atoms with Gasteiger partial charge in [-0.1, -0.05) is 172 Å². The van der Waals surface area contributed by atoms with Gasteiger partial charge in [-0.2, -0.15) is 0 Å². The van der Waals surface area contributed by atoms with Gasteiger partial charge in [0.15, 0.2) is 0 Å². The predicted molar refractivity (Wildman–Crippen MR) is 400 cm³/mol. The summed E-state index contributed by atoms with van der Waals surface area (Å²) in [7, 11) is 0. The van der Waals surface area contributed by atoms with Crippen LogP contribution in [-0.2, 0) is 46.2 Å². The number of carbonyl (C=O) groups is 5. The second-order valence-corrected chi connectivity index (χ2v) is 32.1. The van der Waals surface area contributed by atoms with E-state index in [1.807, 2.05) is 27.7 Å². The maximum absolute atomic E-state index is 13.3. The Balaban J connectivity index is 1.17. The Morgan fingerprint density at radius 3 is 1.14 bits per heavy atom. The lowest BCUT2D eigenvalue weighted by molar-refractivity contribution is -0.150. The average molecular weight is 1370 g/mol. The number of carbonyl (C=O) groups excluding carboxylic acids is 5. The number of rotatable bonds is 50. The van der Waals surface area contributed by atoms with Crippen molar-refractivity contribution in [3.05, 3.63) is 44.5 Å². The van der Waals surface area contributed by atoms with E-state index in [-0.39, 0.29) is 68.6 Å². The lowest BCUT2D eigenvalue weighted by atomic mass is 9.83. The van der Waals surface area contributed by atoms with Gasteiger partial charge in [0, 0.05) is 43.4 Å². The van der Waals surface area contributed by atoms with Crippen LogP contribution in [0.4, 0.5) is 4.79 Å². The van der Waals surface area contributed by atoms with Gasteiger partial charge in [-0.05, 0) is 227 Å². The molecule has 0 saturated heterocycles. The van der Waals surface area contributed by atoms with Crippen LogP contribution in [-0.4, -0.2) is 92.1 Å². The summed E-state index contributed by atoms with van der Waals surface area (Å²) in [6.45, 7) is 42.7. The third-order valence-electron chi connectivity index (χ3n) is 21.9. The average Bonchev–Trinajstić information content (AvgIpc) is 0.769. The summed E-state index contributed by atoms with van der Waals surface area (Å²) in [6, 6.07) is 0. The second kappa shape index (κ2) is 45.2. The van der Waals surface area contributed by atoms with Crippen LogP contribution in [0.3, 0.4) is 0 Å². The van der Waals surface area contributed by atoms with Crippen molar-refractivity contribution in [1.82, 2.24) is 10.2 Å². The number of hydrogen-bond acceptors (Lipinski definition) is 13. The fourth-order valence-electron chi connectivity index (χ4n) is 14.6. The molecule has 0 bridgehead atoms. The molecule has 560 valence electrons. The van der Waals surface area contributed by atoms with Crippen molar-refractivity contribution < 1.29 is 57.1 Å². The Kier molecular flexibility index (Phi) is 39.5. The quantitative estimate of drug-likeness (QED) is 0.0288. The van der Waals surface area contributed by atoms with E-state index in [1.165, 1.54) is 89.9 Å². The van der Waals surface area contributed by atoms with Crippen LogP contribution in [0.25, 0.3) is 0 Å². The molecule has 14 nitrogen and oxygen atoms in total. The minimum atomic E-state index is -0.592. The van der Waals surface area contributed by atoms with Crippen LogP contribution in [0.5, 0.6) is 23.0 Å². The standard InChI is InChI=1S/C84H142N2O12/c1-19-86(20-2)55-33-54-85-82(91)94-58-71(56-92-74(87)44-23-21-25-46-76(89)95-78-65(11)67(13)80-72(69(78)15)48-52-83(17,97-80)50-31-42-63(9)40-29-38-61(7)36-27-34-59(3)4)57-93-75(88)45-24-22-26-47-77(90)96-79-66(12)68(14)81-73(70(79)16)49-53-84(18,98-81)51-32-43-64(10)41-30-39-62(8)37-28-35-60(5)6/h59-64,71H,19-58H2,1-18H3,(H,85,91)/t61-,62-,63-,64-,83-,84-/m0/s1. The number of amides is 1. The first-order valence-corrected chi connectivity index (χ1v) is 39.6. The monoisotopic (exact) mass is 1370 g/mol. The van der Waals surface area contributed by atoms with E-state index in [4.69, 9.17) is 33.2 Å². The third-order valence-corrected chi connectivity index (χ3v) is 21.9.